The predicted molar refractivity (Wildman–Crippen MR) is 72.5 cm³/mol. The lowest BCUT2D eigenvalue weighted by atomic mass is 10.3. The van der Waals surface area contributed by atoms with Crippen LogP contribution in [-0.4, -0.2) is 23.3 Å². The Labute approximate surface area is 119 Å². The van der Waals surface area contributed by atoms with E-state index in [1.807, 2.05) is 0 Å². The Balaban J connectivity index is 2.35. The van der Waals surface area contributed by atoms with E-state index in [0.717, 1.165) is 0 Å². The number of nitrogens with two attached hydrogens (primary N) is 1. The fourth-order valence-corrected chi connectivity index (χ4v) is 1.52. The molecule has 2 aromatic rings. The SMILES string of the molecule is CO/N=C\c1c(N)ncnc1Oc1ccc(F)c(Cl)c1. The van der Waals surface area contributed by atoms with E-state index in [-0.39, 0.29) is 16.7 Å². The third-order valence-electron chi connectivity index (χ3n) is 2.27. The summed E-state index contributed by atoms with van der Waals surface area (Å²) in [5.41, 5.74) is 6.05. The predicted octanol–water partition coefficient (Wildman–Crippen LogP) is 2.62. The molecule has 0 fully saturated rings. The van der Waals surface area contributed by atoms with Crippen LogP contribution in [0.15, 0.2) is 29.7 Å². The number of nitrogens with zero attached hydrogens (tertiary/aromatic N) is 3. The second kappa shape index (κ2) is 6.16. The van der Waals surface area contributed by atoms with E-state index in [0.29, 0.717) is 11.3 Å². The molecule has 0 saturated heterocycles. The number of halogens is 2. The van der Waals surface area contributed by atoms with Crippen molar-refractivity contribution < 1.29 is 14.0 Å². The molecule has 6 nitrogen and oxygen atoms in total. The molecule has 104 valence electrons. The van der Waals surface area contributed by atoms with E-state index >= 15 is 0 Å². The smallest absolute Gasteiger partial charge is 0.233 e. The Morgan fingerprint density at radius 1 is 1.40 bits per heavy atom. The number of aromatic nitrogens is 2. The van der Waals surface area contributed by atoms with Crippen molar-refractivity contribution in [2.45, 2.75) is 0 Å². The van der Waals surface area contributed by atoms with Crippen molar-refractivity contribution in [3.63, 3.8) is 0 Å². The van der Waals surface area contributed by atoms with Gasteiger partial charge in [0.1, 0.15) is 36.4 Å². The zero-order valence-corrected chi connectivity index (χ0v) is 11.1. The van der Waals surface area contributed by atoms with E-state index in [2.05, 4.69) is 20.0 Å². The lowest BCUT2D eigenvalue weighted by Gasteiger charge is -2.08. The minimum atomic E-state index is -0.539. The van der Waals surface area contributed by atoms with Crippen molar-refractivity contribution in [3.8, 4) is 11.6 Å². The molecule has 0 radical (unpaired) electrons. The highest BCUT2D eigenvalue weighted by molar-refractivity contribution is 6.30. The fraction of sp³-hybridized carbons (Fsp3) is 0.0833. The summed E-state index contributed by atoms with van der Waals surface area (Å²) in [7, 11) is 1.39. The quantitative estimate of drug-likeness (QED) is 0.692. The van der Waals surface area contributed by atoms with Crippen molar-refractivity contribution in [1.29, 1.82) is 0 Å². The Kier molecular flexibility index (Phi) is 4.31. The zero-order valence-electron chi connectivity index (χ0n) is 10.4. The minimum absolute atomic E-state index is 0.0587. The summed E-state index contributed by atoms with van der Waals surface area (Å²) in [5, 5.41) is 3.53. The Morgan fingerprint density at radius 2 is 2.20 bits per heavy atom. The molecular formula is C12H10ClFN4O2. The largest absolute Gasteiger partial charge is 0.438 e. The van der Waals surface area contributed by atoms with Crippen LogP contribution in [0.25, 0.3) is 0 Å². The van der Waals surface area contributed by atoms with Crippen LogP contribution in [0.3, 0.4) is 0 Å². The number of oxime groups is 1. The van der Waals surface area contributed by atoms with Gasteiger partial charge in [-0.3, -0.25) is 0 Å². The summed E-state index contributed by atoms with van der Waals surface area (Å²) in [5.74, 6) is 0.0916. The average molecular weight is 297 g/mol. The molecule has 0 aliphatic rings. The lowest BCUT2D eigenvalue weighted by molar-refractivity contribution is 0.215. The van der Waals surface area contributed by atoms with Gasteiger partial charge in [0.15, 0.2) is 0 Å². The number of rotatable bonds is 4. The third-order valence-corrected chi connectivity index (χ3v) is 2.56. The molecule has 0 atom stereocenters. The molecule has 0 unspecified atom stereocenters. The molecule has 20 heavy (non-hydrogen) atoms. The second-order valence-electron chi connectivity index (χ2n) is 3.57. The summed E-state index contributed by atoms with van der Waals surface area (Å²) in [6.07, 6.45) is 2.55. The van der Waals surface area contributed by atoms with Gasteiger partial charge >= 0.3 is 0 Å². The number of ether oxygens (including phenoxy) is 1. The molecule has 0 aliphatic carbocycles. The normalized spacial score (nSPS) is 10.8. The van der Waals surface area contributed by atoms with E-state index in [1.54, 1.807) is 0 Å². The first kappa shape index (κ1) is 14.0. The molecular weight excluding hydrogens is 287 g/mol. The molecule has 0 spiro atoms. The van der Waals surface area contributed by atoms with E-state index in [9.17, 15) is 4.39 Å². The van der Waals surface area contributed by atoms with Crippen LogP contribution in [0.5, 0.6) is 11.6 Å². The van der Waals surface area contributed by atoms with E-state index in [4.69, 9.17) is 22.1 Å². The lowest BCUT2D eigenvalue weighted by Crippen LogP contribution is -2.02. The van der Waals surface area contributed by atoms with Crippen molar-refractivity contribution in [1.82, 2.24) is 9.97 Å². The molecule has 8 heteroatoms. The van der Waals surface area contributed by atoms with Gasteiger partial charge in [-0.15, -0.1) is 0 Å². The maximum atomic E-state index is 13.1. The monoisotopic (exact) mass is 296 g/mol. The van der Waals surface area contributed by atoms with Crippen LogP contribution >= 0.6 is 11.6 Å². The van der Waals surface area contributed by atoms with Crippen LogP contribution in [0, 0.1) is 5.82 Å². The summed E-state index contributed by atoms with van der Waals surface area (Å²) in [4.78, 5) is 12.3. The number of hydrogen-bond donors (Lipinski definition) is 1. The summed E-state index contributed by atoms with van der Waals surface area (Å²) < 4.78 is 18.6. The van der Waals surface area contributed by atoms with Crippen molar-refractivity contribution >= 4 is 23.6 Å². The van der Waals surface area contributed by atoms with E-state index in [1.165, 1.54) is 37.9 Å². The highest BCUT2D eigenvalue weighted by Gasteiger charge is 2.11. The van der Waals surface area contributed by atoms with Crippen LogP contribution in [0.1, 0.15) is 5.56 Å². The second-order valence-corrected chi connectivity index (χ2v) is 3.98. The Morgan fingerprint density at radius 3 is 2.90 bits per heavy atom. The minimum Gasteiger partial charge on any atom is -0.438 e. The molecule has 0 saturated carbocycles. The highest BCUT2D eigenvalue weighted by atomic mass is 35.5. The summed E-state index contributed by atoms with van der Waals surface area (Å²) in [6, 6.07) is 3.92. The van der Waals surface area contributed by atoms with Gasteiger partial charge in [-0.2, -0.15) is 0 Å². The van der Waals surface area contributed by atoms with Gasteiger partial charge in [-0.25, -0.2) is 14.4 Å². The topological polar surface area (TPSA) is 82.6 Å². The van der Waals surface area contributed by atoms with Crippen LogP contribution < -0.4 is 10.5 Å². The molecule has 1 aromatic carbocycles. The third kappa shape index (κ3) is 3.12. The van der Waals surface area contributed by atoms with Gasteiger partial charge < -0.3 is 15.3 Å². The zero-order chi connectivity index (χ0) is 14.5. The summed E-state index contributed by atoms with van der Waals surface area (Å²) >= 11 is 5.68. The number of benzene rings is 1. The van der Waals surface area contributed by atoms with Crippen molar-refractivity contribution in [2.75, 3.05) is 12.8 Å². The first-order valence-corrected chi connectivity index (χ1v) is 5.79. The molecule has 2 rings (SSSR count). The van der Waals surface area contributed by atoms with Gasteiger partial charge in [0.2, 0.25) is 5.88 Å². The first-order chi connectivity index (χ1) is 9.61. The van der Waals surface area contributed by atoms with Crippen molar-refractivity contribution in [2.24, 2.45) is 5.16 Å². The molecule has 2 N–H and O–H groups in total. The molecule has 0 aliphatic heterocycles. The molecule has 1 aromatic heterocycles. The number of hydrogen-bond acceptors (Lipinski definition) is 6. The molecule has 0 amide bonds. The van der Waals surface area contributed by atoms with Crippen LogP contribution in [-0.2, 0) is 4.84 Å². The Hall–Kier alpha value is -2.41. The molecule has 1 heterocycles. The van der Waals surface area contributed by atoms with Gasteiger partial charge in [-0.1, -0.05) is 16.8 Å². The van der Waals surface area contributed by atoms with Gasteiger partial charge in [-0.05, 0) is 12.1 Å². The maximum Gasteiger partial charge on any atom is 0.233 e. The number of nitrogen functional groups attached to an aromatic ring is 1. The molecule has 0 bridgehead atoms. The van der Waals surface area contributed by atoms with Gasteiger partial charge in [0.05, 0.1) is 11.2 Å². The van der Waals surface area contributed by atoms with Crippen molar-refractivity contribution in [3.05, 3.63) is 40.9 Å². The fourth-order valence-electron chi connectivity index (χ4n) is 1.35. The van der Waals surface area contributed by atoms with Gasteiger partial charge in [0, 0.05) is 6.07 Å². The van der Waals surface area contributed by atoms with E-state index < -0.39 is 5.82 Å². The maximum absolute atomic E-state index is 13.1. The highest BCUT2D eigenvalue weighted by Crippen LogP contribution is 2.27. The van der Waals surface area contributed by atoms with Crippen LogP contribution in [0.2, 0.25) is 5.02 Å². The average Bonchev–Trinajstić information content (AvgIpc) is 2.42. The van der Waals surface area contributed by atoms with Gasteiger partial charge in [0.25, 0.3) is 0 Å². The first-order valence-electron chi connectivity index (χ1n) is 5.41. The Bertz CT molecular complexity index is 651. The van der Waals surface area contributed by atoms with Crippen LogP contribution in [0.4, 0.5) is 10.2 Å². The number of anilines is 1. The summed E-state index contributed by atoms with van der Waals surface area (Å²) in [6.45, 7) is 0. The standard InChI is InChI=1S/C12H10ClFN4O2/c1-19-18-5-8-11(15)16-6-17-12(8)20-7-2-3-10(14)9(13)4-7/h2-6H,1H3,(H2,15,16,17)/b18-5-.